The molecule has 0 fully saturated rings. The van der Waals surface area contributed by atoms with Crippen molar-refractivity contribution in [2.24, 2.45) is 0 Å². The lowest BCUT2D eigenvalue weighted by Gasteiger charge is -2.25. The van der Waals surface area contributed by atoms with E-state index in [1.807, 2.05) is 13.0 Å². The molecule has 14 nitrogen and oxygen atoms in total. The van der Waals surface area contributed by atoms with Crippen molar-refractivity contribution < 1.29 is 19.1 Å². The first-order valence-electron chi connectivity index (χ1n) is 12.6. The van der Waals surface area contributed by atoms with Crippen molar-refractivity contribution in [3.8, 4) is 0 Å². The van der Waals surface area contributed by atoms with Crippen molar-refractivity contribution in [3.05, 3.63) is 58.6 Å². The lowest BCUT2D eigenvalue weighted by atomic mass is 10.2. The quantitative estimate of drug-likeness (QED) is 0.243. The van der Waals surface area contributed by atoms with E-state index in [2.05, 4.69) is 40.5 Å². The molecule has 0 aromatic carbocycles. The molecule has 0 saturated carbocycles. The van der Waals surface area contributed by atoms with Gasteiger partial charge in [0, 0.05) is 36.3 Å². The number of H-pyrrole nitrogens is 1. The Morgan fingerprint density at radius 3 is 2.05 bits per heavy atom. The predicted molar refractivity (Wildman–Crippen MR) is 158 cm³/mol. The molecule has 42 heavy (non-hydrogen) atoms. The van der Waals surface area contributed by atoms with Gasteiger partial charge in [-0.25, -0.2) is 29.4 Å². The highest BCUT2D eigenvalue weighted by molar-refractivity contribution is 6.28. The average Bonchev–Trinajstić information content (AvgIpc) is 3.42. The second kappa shape index (κ2) is 13.1. The topological polar surface area (TPSA) is 166 Å². The van der Waals surface area contributed by atoms with E-state index in [1.54, 1.807) is 66.8 Å². The van der Waals surface area contributed by atoms with Gasteiger partial charge in [-0.1, -0.05) is 0 Å². The maximum atomic E-state index is 12.8. The first kappa shape index (κ1) is 32.2. The number of nitrogens with zero attached hydrogens (tertiary/aromatic N) is 8. The molecule has 1 amide bonds. The van der Waals surface area contributed by atoms with E-state index in [0.717, 1.165) is 15.3 Å². The van der Waals surface area contributed by atoms with Crippen molar-refractivity contribution in [1.82, 2.24) is 39.9 Å². The van der Waals surface area contributed by atoms with E-state index >= 15 is 0 Å². The SMILES string of the molecule is Cc1cc(N(C(=O)OC(C)(C)C)c2ccnc(Cl)n2)nn1C(=O)OC(C)(C)C.Cc1cc(Nc2ccnc(Cl)n2)n[nH]1. The monoisotopic (exact) mass is 618 g/mol. The number of amides is 1. The smallest absolute Gasteiger partial charge is 0.435 e. The number of hydrogen-bond acceptors (Lipinski definition) is 11. The van der Waals surface area contributed by atoms with Gasteiger partial charge in [0.25, 0.3) is 0 Å². The van der Waals surface area contributed by atoms with Gasteiger partial charge in [-0.2, -0.15) is 14.8 Å². The summed E-state index contributed by atoms with van der Waals surface area (Å²) in [6, 6.07) is 6.62. The van der Waals surface area contributed by atoms with E-state index in [1.165, 1.54) is 12.3 Å². The van der Waals surface area contributed by atoms with Crippen LogP contribution in [0.15, 0.2) is 36.7 Å². The van der Waals surface area contributed by atoms with Crippen molar-refractivity contribution in [2.75, 3.05) is 10.2 Å². The molecule has 0 spiro atoms. The number of aryl methyl sites for hydroxylation is 2. The second-order valence-corrected chi connectivity index (χ2v) is 11.5. The minimum Gasteiger partial charge on any atom is -0.443 e. The molecular weight excluding hydrogens is 587 g/mol. The lowest BCUT2D eigenvalue weighted by Crippen LogP contribution is -2.35. The molecule has 4 aromatic rings. The highest BCUT2D eigenvalue weighted by atomic mass is 35.5. The normalized spacial score (nSPS) is 11.3. The molecule has 0 aliphatic rings. The van der Waals surface area contributed by atoms with Gasteiger partial charge in [0.1, 0.15) is 22.8 Å². The lowest BCUT2D eigenvalue weighted by molar-refractivity contribution is 0.0506. The van der Waals surface area contributed by atoms with E-state index in [0.29, 0.717) is 17.3 Å². The van der Waals surface area contributed by atoms with Gasteiger partial charge in [-0.05, 0) is 84.7 Å². The predicted octanol–water partition coefficient (Wildman–Crippen LogP) is 6.40. The van der Waals surface area contributed by atoms with Crippen LogP contribution in [-0.2, 0) is 9.47 Å². The van der Waals surface area contributed by atoms with E-state index in [9.17, 15) is 9.59 Å². The Labute approximate surface area is 252 Å². The summed E-state index contributed by atoms with van der Waals surface area (Å²) >= 11 is 11.5. The third-order valence-electron chi connectivity index (χ3n) is 4.67. The summed E-state index contributed by atoms with van der Waals surface area (Å²) in [5.74, 6) is 1.62. The molecular formula is C26H32Cl2N10O4. The molecule has 0 atom stereocenters. The summed E-state index contributed by atoms with van der Waals surface area (Å²) < 4.78 is 11.9. The van der Waals surface area contributed by atoms with Crippen LogP contribution >= 0.6 is 23.2 Å². The molecule has 224 valence electrons. The molecule has 0 saturated heterocycles. The van der Waals surface area contributed by atoms with Crippen molar-refractivity contribution >= 4 is 58.7 Å². The fourth-order valence-corrected chi connectivity index (χ4v) is 3.43. The van der Waals surface area contributed by atoms with Crippen LogP contribution < -0.4 is 10.2 Å². The zero-order valence-corrected chi connectivity index (χ0v) is 25.9. The number of aromatic amines is 1. The van der Waals surface area contributed by atoms with Gasteiger partial charge in [-0.15, -0.1) is 5.10 Å². The standard InChI is InChI=1S/C18H24ClN5O4.C8H8ClN5/c1-11-10-13(22-24(11)16(26)28-18(5,6)7)23(15(25)27-17(2,3)4)12-8-9-20-14(19)21-12;1-5-4-7(14-13-5)11-6-2-3-10-8(9)12-6/h8-10H,1-7H3;2-4H,1H3,(H2,10,11,12,13,14). The fraction of sp³-hybridized carbons (Fsp3) is 0.385. The molecule has 2 N–H and O–H groups in total. The minimum absolute atomic E-state index is 0.0469. The van der Waals surface area contributed by atoms with Gasteiger partial charge in [-0.3, -0.25) is 5.10 Å². The average molecular weight is 620 g/mol. The van der Waals surface area contributed by atoms with Crippen molar-refractivity contribution in [3.63, 3.8) is 0 Å². The molecule has 16 heteroatoms. The Bertz CT molecular complexity index is 1540. The highest BCUT2D eigenvalue weighted by Gasteiger charge is 2.30. The van der Waals surface area contributed by atoms with Crippen LogP contribution in [0.1, 0.15) is 52.9 Å². The number of nitrogens with one attached hydrogen (secondary N) is 2. The second-order valence-electron chi connectivity index (χ2n) is 10.8. The highest BCUT2D eigenvalue weighted by Crippen LogP contribution is 2.27. The Kier molecular flexibility index (Phi) is 10.1. The fourth-order valence-electron chi connectivity index (χ4n) is 3.14. The zero-order chi connectivity index (χ0) is 31.2. The molecule has 4 rings (SSSR count). The van der Waals surface area contributed by atoms with Crippen LogP contribution in [0.25, 0.3) is 0 Å². The molecule has 4 heterocycles. The first-order chi connectivity index (χ1) is 19.5. The summed E-state index contributed by atoms with van der Waals surface area (Å²) in [5.41, 5.74) is 0.000837. The van der Waals surface area contributed by atoms with Gasteiger partial charge in [0.15, 0.2) is 11.6 Å². The third kappa shape index (κ3) is 9.66. The van der Waals surface area contributed by atoms with E-state index < -0.39 is 23.4 Å². The van der Waals surface area contributed by atoms with E-state index in [4.69, 9.17) is 32.7 Å². The Morgan fingerprint density at radius 2 is 1.50 bits per heavy atom. The molecule has 0 bridgehead atoms. The summed E-state index contributed by atoms with van der Waals surface area (Å²) in [7, 11) is 0. The Hall–Kier alpha value is -4.30. The number of carbonyl (C=O) groups is 2. The largest absolute Gasteiger partial charge is 0.443 e. The number of aromatic nitrogens is 8. The number of halogens is 2. The summed E-state index contributed by atoms with van der Waals surface area (Å²) in [4.78, 5) is 42.0. The summed E-state index contributed by atoms with van der Waals surface area (Å²) in [6.07, 6.45) is 1.59. The van der Waals surface area contributed by atoms with Gasteiger partial charge < -0.3 is 14.8 Å². The van der Waals surface area contributed by atoms with Gasteiger partial charge in [0.2, 0.25) is 10.6 Å². The maximum Gasteiger partial charge on any atom is 0.435 e. The summed E-state index contributed by atoms with van der Waals surface area (Å²) in [6.45, 7) is 14.1. The maximum absolute atomic E-state index is 12.8. The number of carbonyl (C=O) groups excluding carboxylic acids is 2. The molecule has 0 aliphatic heterocycles. The molecule has 0 radical (unpaired) electrons. The number of anilines is 4. The summed E-state index contributed by atoms with van der Waals surface area (Å²) in [5, 5.41) is 14.2. The van der Waals surface area contributed by atoms with Crippen molar-refractivity contribution in [2.45, 2.75) is 66.6 Å². The Morgan fingerprint density at radius 1 is 0.881 bits per heavy atom. The van der Waals surface area contributed by atoms with E-state index in [-0.39, 0.29) is 22.2 Å². The van der Waals surface area contributed by atoms with Crippen molar-refractivity contribution in [1.29, 1.82) is 0 Å². The van der Waals surface area contributed by atoms with Crippen LogP contribution in [0.5, 0.6) is 0 Å². The first-order valence-corrected chi connectivity index (χ1v) is 13.4. The van der Waals surface area contributed by atoms with Crippen LogP contribution in [0.3, 0.4) is 0 Å². The number of rotatable bonds is 4. The number of ether oxygens (including phenoxy) is 2. The van der Waals surface area contributed by atoms with Crippen LogP contribution in [-0.4, -0.2) is 63.3 Å². The minimum atomic E-state index is -0.755. The number of hydrogen-bond donors (Lipinski definition) is 2. The van der Waals surface area contributed by atoms with Crippen LogP contribution in [0.2, 0.25) is 10.6 Å². The third-order valence-corrected chi connectivity index (χ3v) is 5.04. The van der Waals surface area contributed by atoms with Gasteiger partial charge >= 0.3 is 12.2 Å². The Balaban J connectivity index is 0.000000287. The molecule has 0 unspecified atom stereocenters. The molecule has 0 aliphatic carbocycles. The van der Waals surface area contributed by atoms with Crippen LogP contribution in [0.4, 0.5) is 32.9 Å². The van der Waals surface area contributed by atoms with Gasteiger partial charge in [0.05, 0.1) is 5.69 Å². The molecule has 4 aromatic heterocycles. The van der Waals surface area contributed by atoms with Crippen LogP contribution in [0, 0.1) is 13.8 Å². The zero-order valence-electron chi connectivity index (χ0n) is 24.4.